The first-order valence-corrected chi connectivity index (χ1v) is 6.56. The topological polar surface area (TPSA) is 61.6 Å². The second kappa shape index (κ2) is 6.95. The molecule has 4 nitrogen and oxygen atoms in total. The van der Waals surface area contributed by atoms with Crippen molar-refractivity contribution in [2.24, 2.45) is 0 Å². The van der Waals surface area contributed by atoms with Crippen LogP contribution in [0, 0.1) is 5.82 Å². The molecule has 2 aromatic carbocycles. The number of halogens is 2. The highest BCUT2D eigenvalue weighted by atomic mass is 35.5. The molecule has 0 saturated heterocycles. The third kappa shape index (κ3) is 3.86. The summed E-state index contributed by atoms with van der Waals surface area (Å²) in [5.41, 5.74) is 6.04. The molecule has 0 aliphatic heterocycles. The van der Waals surface area contributed by atoms with E-state index in [0.717, 1.165) is 0 Å². The van der Waals surface area contributed by atoms with Gasteiger partial charge in [0.25, 0.3) is 0 Å². The third-order valence-corrected chi connectivity index (χ3v) is 3.01. The SMILES string of the molecule is Nc1c(Cl)cccc1C(=O)OCCOc1ccccc1F. The highest BCUT2D eigenvalue weighted by molar-refractivity contribution is 6.33. The quantitative estimate of drug-likeness (QED) is 0.523. The Morgan fingerprint density at radius 3 is 2.67 bits per heavy atom. The van der Waals surface area contributed by atoms with Crippen LogP contribution in [0.5, 0.6) is 5.75 Å². The van der Waals surface area contributed by atoms with Crippen LogP contribution in [-0.4, -0.2) is 19.2 Å². The fraction of sp³-hybridized carbons (Fsp3) is 0.133. The molecule has 0 bridgehead atoms. The molecule has 2 aromatic rings. The van der Waals surface area contributed by atoms with Gasteiger partial charge in [-0.1, -0.05) is 29.8 Å². The Hall–Kier alpha value is -2.27. The van der Waals surface area contributed by atoms with Crippen molar-refractivity contribution < 1.29 is 18.7 Å². The molecule has 21 heavy (non-hydrogen) atoms. The zero-order valence-electron chi connectivity index (χ0n) is 11.0. The number of benzene rings is 2. The summed E-state index contributed by atoms with van der Waals surface area (Å²) in [5.74, 6) is -0.967. The number of rotatable bonds is 5. The predicted molar refractivity (Wildman–Crippen MR) is 78.0 cm³/mol. The lowest BCUT2D eigenvalue weighted by Crippen LogP contribution is -2.14. The summed E-state index contributed by atoms with van der Waals surface area (Å²) >= 11 is 5.82. The fourth-order valence-electron chi connectivity index (χ4n) is 1.64. The molecule has 0 spiro atoms. The zero-order chi connectivity index (χ0) is 15.2. The lowest BCUT2D eigenvalue weighted by atomic mass is 10.2. The van der Waals surface area contributed by atoms with Gasteiger partial charge in [-0.05, 0) is 24.3 Å². The molecule has 0 atom stereocenters. The Kier molecular flexibility index (Phi) is 5.00. The van der Waals surface area contributed by atoms with Gasteiger partial charge in [-0.25, -0.2) is 9.18 Å². The Labute approximate surface area is 126 Å². The van der Waals surface area contributed by atoms with E-state index in [1.165, 1.54) is 18.2 Å². The highest BCUT2D eigenvalue weighted by Gasteiger charge is 2.13. The van der Waals surface area contributed by atoms with Gasteiger partial charge in [-0.3, -0.25) is 0 Å². The van der Waals surface area contributed by atoms with Crippen LogP contribution in [0.15, 0.2) is 42.5 Å². The largest absolute Gasteiger partial charge is 0.487 e. The average Bonchev–Trinajstić information content (AvgIpc) is 2.48. The number of para-hydroxylation sites is 2. The van der Waals surface area contributed by atoms with E-state index >= 15 is 0 Å². The molecule has 2 N–H and O–H groups in total. The number of nitrogens with two attached hydrogens (primary N) is 1. The Balaban J connectivity index is 1.85. The average molecular weight is 310 g/mol. The second-order valence-electron chi connectivity index (χ2n) is 4.12. The van der Waals surface area contributed by atoms with E-state index in [-0.39, 0.29) is 35.2 Å². The first kappa shape index (κ1) is 15.1. The van der Waals surface area contributed by atoms with Gasteiger partial charge in [-0.2, -0.15) is 0 Å². The Bertz CT molecular complexity index is 649. The van der Waals surface area contributed by atoms with E-state index in [2.05, 4.69) is 0 Å². The molecule has 0 heterocycles. The summed E-state index contributed by atoms with van der Waals surface area (Å²) in [5, 5.41) is 0.284. The van der Waals surface area contributed by atoms with Crippen molar-refractivity contribution in [3.63, 3.8) is 0 Å². The first-order valence-electron chi connectivity index (χ1n) is 6.18. The van der Waals surface area contributed by atoms with Crippen LogP contribution in [0.4, 0.5) is 10.1 Å². The number of carbonyl (C=O) groups excluding carboxylic acids is 1. The number of hydrogen-bond donors (Lipinski definition) is 1. The number of anilines is 1. The molecule has 0 fully saturated rings. The van der Waals surface area contributed by atoms with Crippen LogP contribution >= 0.6 is 11.6 Å². The van der Waals surface area contributed by atoms with Crippen LogP contribution in [0.1, 0.15) is 10.4 Å². The number of hydrogen-bond acceptors (Lipinski definition) is 4. The number of nitrogen functional groups attached to an aromatic ring is 1. The van der Waals surface area contributed by atoms with E-state index in [9.17, 15) is 9.18 Å². The molecule has 0 saturated carbocycles. The van der Waals surface area contributed by atoms with Crippen LogP contribution in [-0.2, 0) is 4.74 Å². The molecule has 110 valence electrons. The maximum absolute atomic E-state index is 13.3. The van der Waals surface area contributed by atoms with Crippen molar-refractivity contribution in [3.8, 4) is 5.75 Å². The van der Waals surface area contributed by atoms with Crippen molar-refractivity contribution >= 4 is 23.3 Å². The molecular weight excluding hydrogens is 297 g/mol. The first-order chi connectivity index (χ1) is 10.1. The molecule has 0 aromatic heterocycles. The lowest BCUT2D eigenvalue weighted by Gasteiger charge is -2.09. The summed E-state index contributed by atoms with van der Waals surface area (Å²) in [6.45, 7) is 0.00622. The smallest absolute Gasteiger partial charge is 0.340 e. The standard InChI is InChI=1S/C15H13ClFNO3/c16-11-5-3-4-10(14(11)18)15(19)21-9-8-20-13-7-2-1-6-12(13)17/h1-7H,8-9,18H2. The van der Waals surface area contributed by atoms with Gasteiger partial charge in [0.15, 0.2) is 11.6 Å². The van der Waals surface area contributed by atoms with E-state index in [1.54, 1.807) is 24.3 Å². The fourth-order valence-corrected chi connectivity index (χ4v) is 1.82. The van der Waals surface area contributed by atoms with Gasteiger partial charge in [0.05, 0.1) is 16.3 Å². The van der Waals surface area contributed by atoms with E-state index in [0.29, 0.717) is 0 Å². The summed E-state index contributed by atoms with van der Waals surface area (Å²) in [4.78, 5) is 11.8. The van der Waals surface area contributed by atoms with Gasteiger partial charge < -0.3 is 15.2 Å². The zero-order valence-corrected chi connectivity index (χ0v) is 11.8. The monoisotopic (exact) mass is 309 g/mol. The maximum atomic E-state index is 13.3. The molecule has 2 rings (SSSR count). The lowest BCUT2D eigenvalue weighted by molar-refractivity contribution is 0.0449. The van der Waals surface area contributed by atoms with Gasteiger partial charge in [0, 0.05) is 0 Å². The molecule has 0 amide bonds. The van der Waals surface area contributed by atoms with Crippen LogP contribution < -0.4 is 10.5 Å². The third-order valence-electron chi connectivity index (χ3n) is 2.68. The Morgan fingerprint density at radius 2 is 1.90 bits per heavy atom. The van der Waals surface area contributed by atoms with Crippen molar-refractivity contribution in [2.75, 3.05) is 18.9 Å². The molecule has 0 radical (unpaired) electrons. The van der Waals surface area contributed by atoms with Gasteiger partial charge in [0.2, 0.25) is 0 Å². The molecular formula is C15H13ClFNO3. The van der Waals surface area contributed by atoms with Crippen molar-refractivity contribution in [2.45, 2.75) is 0 Å². The van der Waals surface area contributed by atoms with Gasteiger partial charge in [-0.15, -0.1) is 0 Å². The number of ether oxygens (including phenoxy) is 2. The van der Waals surface area contributed by atoms with E-state index in [4.69, 9.17) is 26.8 Å². The van der Waals surface area contributed by atoms with Gasteiger partial charge >= 0.3 is 5.97 Å². The second-order valence-corrected chi connectivity index (χ2v) is 4.52. The van der Waals surface area contributed by atoms with E-state index < -0.39 is 11.8 Å². The van der Waals surface area contributed by atoms with Gasteiger partial charge in [0.1, 0.15) is 13.2 Å². The van der Waals surface area contributed by atoms with Crippen LogP contribution in [0.3, 0.4) is 0 Å². The minimum atomic E-state index is -0.605. The molecule has 6 heteroatoms. The maximum Gasteiger partial charge on any atom is 0.340 e. The summed E-state index contributed by atoms with van der Waals surface area (Å²) in [6, 6.07) is 10.7. The van der Waals surface area contributed by atoms with Crippen molar-refractivity contribution in [3.05, 3.63) is 58.9 Å². The summed E-state index contributed by atoms with van der Waals surface area (Å²) in [7, 11) is 0. The normalized spacial score (nSPS) is 10.2. The molecule has 0 aliphatic carbocycles. The summed E-state index contributed by atoms with van der Waals surface area (Å²) in [6.07, 6.45) is 0. The molecule has 0 aliphatic rings. The predicted octanol–water partition coefficient (Wildman–Crippen LogP) is 3.30. The molecule has 0 unspecified atom stereocenters. The number of carbonyl (C=O) groups is 1. The van der Waals surface area contributed by atoms with Crippen molar-refractivity contribution in [1.29, 1.82) is 0 Å². The minimum absolute atomic E-state index is 0.0286. The minimum Gasteiger partial charge on any atom is -0.487 e. The van der Waals surface area contributed by atoms with Crippen LogP contribution in [0.25, 0.3) is 0 Å². The summed E-state index contributed by atoms with van der Waals surface area (Å²) < 4.78 is 23.4. The van der Waals surface area contributed by atoms with Crippen LogP contribution in [0.2, 0.25) is 5.02 Å². The number of esters is 1. The Morgan fingerprint density at radius 1 is 1.14 bits per heavy atom. The van der Waals surface area contributed by atoms with Crippen molar-refractivity contribution in [1.82, 2.24) is 0 Å². The van der Waals surface area contributed by atoms with E-state index in [1.807, 2.05) is 0 Å². The highest BCUT2D eigenvalue weighted by Crippen LogP contribution is 2.23.